The van der Waals surface area contributed by atoms with Crippen LogP contribution in [-0.2, 0) is 14.6 Å². The van der Waals surface area contributed by atoms with E-state index in [2.05, 4.69) is 0 Å². The Morgan fingerprint density at radius 1 is 1.50 bits per heavy atom. The Morgan fingerprint density at radius 2 is 1.90 bits per heavy atom. The van der Waals surface area contributed by atoms with Crippen LogP contribution in [0.4, 0.5) is 0 Å². The summed E-state index contributed by atoms with van der Waals surface area (Å²) in [5, 5.41) is 0.843. The number of hydrogen-bond acceptors (Lipinski definition) is 3. The third kappa shape index (κ3) is 4.08. The molecule has 0 saturated carbocycles. The second-order valence-electron chi connectivity index (χ2n) is 1.99. The maximum Gasteiger partial charge on any atom is 0.245 e. The molecule has 0 unspecified atom stereocenters. The molecule has 0 heterocycles. The standard InChI is InChI=1S/C5H9NO3S/c1-4(5(6)7)3-10(2,8)9/h3H,1-2H3,(H2,6,7). The van der Waals surface area contributed by atoms with Crippen molar-refractivity contribution in [1.82, 2.24) is 0 Å². The van der Waals surface area contributed by atoms with Crippen molar-refractivity contribution in [2.45, 2.75) is 6.92 Å². The van der Waals surface area contributed by atoms with Crippen LogP contribution in [0.3, 0.4) is 0 Å². The summed E-state index contributed by atoms with van der Waals surface area (Å²) in [6, 6.07) is 0. The van der Waals surface area contributed by atoms with Crippen LogP contribution >= 0.6 is 0 Å². The predicted molar refractivity (Wildman–Crippen MR) is 37.8 cm³/mol. The van der Waals surface area contributed by atoms with E-state index in [1.165, 1.54) is 6.92 Å². The first-order chi connectivity index (χ1) is 4.33. The molecular weight excluding hydrogens is 154 g/mol. The first-order valence-corrected chi connectivity index (χ1v) is 4.46. The van der Waals surface area contributed by atoms with Gasteiger partial charge in [0.15, 0.2) is 9.84 Å². The Bertz CT molecular complexity index is 263. The van der Waals surface area contributed by atoms with E-state index in [0.717, 1.165) is 11.7 Å². The average Bonchev–Trinajstić information content (AvgIpc) is 1.60. The molecule has 4 nitrogen and oxygen atoms in total. The SMILES string of the molecule is CC(=CS(C)(=O)=O)C(N)=O. The van der Waals surface area contributed by atoms with Gasteiger partial charge in [0.2, 0.25) is 5.91 Å². The van der Waals surface area contributed by atoms with Crippen LogP contribution in [0.2, 0.25) is 0 Å². The molecule has 0 saturated heterocycles. The monoisotopic (exact) mass is 163 g/mol. The predicted octanol–water partition coefficient (Wildman–Crippen LogP) is -0.580. The molecule has 0 rings (SSSR count). The molecule has 0 fully saturated rings. The van der Waals surface area contributed by atoms with E-state index in [0.29, 0.717) is 0 Å². The molecule has 58 valence electrons. The van der Waals surface area contributed by atoms with E-state index < -0.39 is 15.7 Å². The van der Waals surface area contributed by atoms with Gasteiger partial charge >= 0.3 is 0 Å². The normalized spacial score (nSPS) is 13.2. The Kier molecular flexibility index (Phi) is 2.59. The van der Waals surface area contributed by atoms with Gasteiger partial charge in [-0.05, 0) is 6.92 Å². The lowest BCUT2D eigenvalue weighted by Gasteiger charge is -1.90. The lowest BCUT2D eigenvalue weighted by atomic mass is 10.3. The topological polar surface area (TPSA) is 77.2 Å². The largest absolute Gasteiger partial charge is 0.366 e. The summed E-state index contributed by atoms with van der Waals surface area (Å²) in [6.07, 6.45) is 0.999. The van der Waals surface area contributed by atoms with Crippen molar-refractivity contribution < 1.29 is 13.2 Å². The lowest BCUT2D eigenvalue weighted by molar-refractivity contribution is -0.114. The van der Waals surface area contributed by atoms with Gasteiger partial charge in [-0.1, -0.05) is 0 Å². The van der Waals surface area contributed by atoms with E-state index in [1.54, 1.807) is 0 Å². The molecule has 0 aromatic carbocycles. The van der Waals surface area contributed by atoms with Crippen molar-refractivity contribution in [1.29, 1.82) is 0 Å². The molecule has 0 aliphatic rings. The first-order valence-electron chi connectivity index (χ1n) is 2.51. The van der Waals surface area contributed by atoms with Crippen LogP contribution in [-0.4, -0.2) is 20.6 Å². The van der Waals surface area contributed by atoms with Gasteiger partial charge < -0.3 is 5.73 Å². The van der Waals surface area contributed by atoms with Crippen molar-refractivity contribution >= 4 is 15.7 Å². The summed E-state index contributed by atoms with van der Waals surface area (Å²) in [5.74, 6) is -0.717. The quantitative estimate of drug-likeness (QED) is 0.553. The van der Waals surface area contributed by atoms with Crippen LogP contribution in [0.1, 0.15) is 6.92 Å². The highest BCUT2D eigenvalue weighted by Crippen LogP contribution is 1.94. The minimum atomic E-state index is -3.23. The number of carbonyl (C=O) groups is 1. The summed E-state index contributed by atoms with van der Waals surface area (Å²) in [5.41, 5.74) is 4.82. The van der Waals surface area contributed by atoms with Crippen LogP contribution in [0.5, 0.6) is 0 Å². The zero-order valence-corrected chi connectivity index (χ0v) is 6.60. The fraction of sp³-hybridized carbons (Fsp3) is 0.400. The minimum Gasteiger partial charge on any atom is -0.366 e. The summed E-state index contributed by atoms with van der Waals surface area (Å²) >= 11 is 0. The number of amides is 1. The third-order valence-corrected chi connectivity index (χ3v) is 1.56. The molecule has 0 aromatic rings. The van der Waals surface area contributed by atoms with Crippen molar-refractivity contribution in [2.75, 3.05) is 6.26 Å². The van der Waals surface area contributed by atoms with E-state index in [9.17, 15) is 13.2 Å². The second-order valence-corrected chi connectivity index (χ2v) is 3.89. The molecule has 0 spiro atoms. The molecular formula is C5H9NO3S. The van der Waals surface area contributed by atoms with Gasteiger partial charge in [0.05, 0.1) is 0 Å². The van der Waals surface area contributed by atoms with Gasteiger partial charge in [-0.3, -0.25) is 4.79 Å². The third-order valence-electron chi connectivity index (χ3n) is 0.780. The molecule has 0 aliphatic carbocycles. The van der Waals surface area contributed by atoms with Crippen molar-refractivity contribution in [3.05, 3.63) is 11.0 Å². The molecule has 1 amide bonds. The van der Waals surface area contributed by atoms with Gasteiger partial charge in [0.25, 0.3) is 0 Å². The van der Waals surface area contributed by atoms with Gasteiger partial charge in [-0.25, -0.2) is 8.42 Å². The highest BCUT2D eigenvalue weighted by molar-refractivity contribution is 7.93. The van der Waals surface area contributed by atoms with Gasteiger partial charge in [0, 0.05) is 17.2 Å². The maximum absolute atomic E-state index is 10.5. The Hall–Kier alpha value is -0.840. The molecule has 0 aliphatic heterocycles. The maximum atomic E-state index is 10.5. The van der Waals surface area contributed by atoms with Gasteiger partial charge in [-0.15, -0.1) is 0 Å². The van der Waals surface area contributed by atoms with E-state index in [1.807, 2.05) is 0 Å². The van der Waals surface area contributed by atoms with Crippen molar-refractivity contribution in [3.63, 3.8) is 0 Å². The fourth-order valence-corrected chi connectivity index (χ4v) is 1.14. The van der Waals surface area contributed by atoms with E-state index in [4.69, 9.17) is 5.73 Å². The minimum absolute atomic E-state index is 0.0440. The van der Waals surface area contributed by atoms with Crippen LogP contribution in [0, 0.1) is 0 Å². The molecule has 0 radical (unpaired) electrons. The van der Waals surface area contributed by atoms with Crippen LogP contribution < -0.4 is 5.73 Å². The number of sulfone groups is 1. The number of hydrogen-bond donors (Lipinski definition) is 1. The molecule has 0 bridgehead atoms. The van der Waals surface area contributed by atoms with Gasteiger partial charge in [0.1, 0.15) is 0 Å². The number of primary amides is 1. The smallest absolute Gasteiger partial charge is 0.245 e. The van der Waals surface area contributed by atoms with Crippen molar-refractivity contribution in [2.24, 2.45) is 5.73 Å². The molecule has 2 N–H and O–H groups in total. The highest BCUT2D eigenvalue weighted by atomic mass is 32.2. The zero-order chi connectivity index (χ0) is 8.36. The van der Waals surface area contributed by atoms with E-state index >= 15 is 0 Å². The Labute approximate surface area is 59.6 Å². The van der Waals surface area contributed by atoms with Crippen LogP contribution in [0.25, 0.3) is 0 Å². The number of rotatable bonds is 2. The first kappa shape index (κ1) is 9.16. The van der Waals surface area contributed by atoms with E-state index in [-0.39, 0.29) is 5.57 Å². The average molecular weight is 163 g/mol. The fourth-order valence-electron chi connectivity index (χ4n) is 0.379. The summed E-state index contributed by atoms with van der Waals surface area (Å²) in [6.45, 7) is 1.35. The lowest BCUT2D eigenvalue weighted by Crippen LogP contribution is -2.12. The summed E-state index contributed by atoms with van der Waals surface area (Å²) < 4.78 is 20.9. The molecule has 0 aromatic heterocycles. The highest BCUT2D eigenvalue weighted by Gasteiger charge is 2.01. The van der Waals surface area contributed by atoms with Crippen LogP contribution in [0.15, 0.2) is 11.0 Å². The molecule has 0 atom stereocenters. The zero-order valence-electron chi connectivity index (χ0n) is 5.79. The Balaban J connectivity index is 4.66. The van der Waals surface area contributed by atoms with Gasteiger partial charge in [-0.2, -0.15) is 0 Å². The summed E-state index contributed by atoms with van der Waals surface area (Å²) in [4.78, 5) is 10.3. The Morgan fingerprint density at radius 3 is 2.00 bits per heavy atom. The second kappa shape index (κ2) is 2.83. The van der Waals surface area contributed by atoms with Crippen molar-refractivity contribution in [3.8, 4) is 0 Å². The summed E-state index contributed by atoms with van der Waals surface area (Å²) in [7, 11) is -3.23. The molecule has 10 heavy (non-hydrogen) atoms. The number of nitrogens with two attached hydrogens (primary N) is 1. The molecule has 5 heteroatoms. The number of carbonyl (C=O) groups excluding carboxylic acids is 1.